The highest BCUT2D eigenvalue weighted by atomic mass is 79.9. The Morgan fingerprint density at radius 1 is 1.18 bits per heavy atom. The average molecular weight is 382 g/mol. The van der Waals surface area contributed by atoms with Crippen LogP contribution < -0.4 is 10.2 Å². The topological polar surface area (TPSA) is 49.4 Å². The Morgan fingerprint density at radius 3 is 2.45 bits per heavy atom. The van der Waals surface area contributed by atoms with E-state index in [4.69, 9.17) is 11.6 Å². The lowest BCUT2D eigenvalue weighted by Gasteiger charge is -2.20. The van der Waals surface area contributed by atoms with Crippen LogP contribution in [0.2, 0.25) is 5.02 Å². The van der Waals surface area contributed by atoms with Gasteiger partial charge in [0.05, 0.1) is 0 Å². The van der Waals surface area contributed by atoms with Crippen molar-refractivity contribution in [3.8, 4) is 0 Å². The first-order chi connectivity index (χ1) is 10.5. The zero-order valence-corrected chi connectivity index (χ0v) is 14.2. The number of hydrogen-bond acceptors (Lipinski definition) is 2. The van der Waals surface area contributed by atoms with E-state index < -0.39 is 0 Å². The van der Waals surface area contributed by atoms with Crippen LogP contribution >= 0.6 is 27.5 Å². The monoisotopic (exact) mass is 380 g/mol. The first kappa shape index (κ1) is 16.5. The molecule has 0 unspecified atom stereocenters. The fourth-order valence-corrected chi connectivity index (χ4v) is 2.44. The van der Waals surface area contributed by atoms with Crippen LogP contribution in [0.3, 0.4) is 0 Å². The Labute approximate surface area is 142 Å². The molecular formula is C16H14BrClN2O2. The SMILES string of the molecule is CC(=O)N(CC(=O)Nc1cccc(Br)c1)c1ccc(Cl)cc1. The van der Waals surface area contributed by atoms with E-state index in [0.717, 1.165) is 4.47 Å². The van der Waals surface area contributed by atoms with Gasteiger partial charge in [-0.25, -0.2) is 0 Å². The van der Waals surface area contributed by atoms with Crippen molar-refractivity contribution in [3.05, 3.63) is 58.0 Å². The number of rotatable bonds is 4. The van der Waals surface area contributed by atoms with E-state index in [0.29, 0.717) is 16.4 Å². The number of halogens is 2. The standard InChI is InChI=1S/C16H14BrClN2O2/c1-11(21)20(15-7-5-13(18)6-8-15)10-16(22)19-14-4-2-3-12(17)9-14/h2-9H,10H2,1H3,(H,19,22). The van der Waals surface area contributed by atoms with Gasteiger partial charge in [-0.3, -0.25) is 9.59 Å². The molecule has 0 atom stereocenters. The van der Waals surface area contributed by atoms with Gasteiger partial charge in [0.15, 0.2) is 0 Å². The highest BCUT2D eigenvalue weighted by molar-refractivity contribution is 9.10. The number of nitrogens with zero attached hydrogens (tertiary/aromatic N) is 1. The number of nitrogens with one attached hydrogen (secondary N) is 1. The number of amides is 2. The van der Waals surface area contributed by atoms with E-state index in [9.17, 15) is 9.59 Å². The molecule has 114 valence electrons. The highest BCUT2D eigenvalue weighted by Gasteiger charge is 2.15. The minimum Gasteiger partial charge on any atom is -0.324 e. The lowest BCUT2D eigenvalue weighted by molar-refractivity contribution is -0.120. The van der Waals surface area contributed by atoms with Gasteiger partial charge >= 0.3 is 0 Å². The highest BCUT2D eigenvalue weighted by Crippen LogP contribution is 2.19. The molecule has 1 N–H and O–H groups in total. The van der Waals surface area contributed by atoms with Crippen LogP contribution in [-0.4, -0.2) is 18.4 Å². The van der Waals surface area contributed by atoms with Crippen LogP contribution in [-0.2, 0) is 9.59 Å². The lowest BCUT2D eigenvalue weighted by atomic mass is 10.2. The first-order valence-electron chi connectivity index (χ1n) is 6.55. The Balaban J connectivity index is 2.09. The molecule has 0 fully saturated rings. The van der Waals surface area contributed by atoms with Gasteiger partial charge in [-0.15, -0.1) is 0 Å². The third-order valence-electron chi connectivity index (χ3n) is 2.93. The molecule has 0 radical (unpaired) electrons. The van der Waals surface area contributed by atoms with Crippen LogP contribution in [0.25, 0.3) is 0 Å². The van der Waals surface area contributed by atoms with Crippen molar-refractivity contribution < 1.29 is 9.59 Å². The minimum absolute atomic E-state index is 0.0660. The number of hydrogen-bond donors (Lipinski definition) is 1. The third-order valence-corrected chi connectivity index (χ3v) is 3.67. The summed E-state index contributed by atoms with van der Waals surface area (Å²) in [5.74, 6) is -0.491. The van der Waals surface area contributed by atoms with Gasteiger partial charge in [0.25, 0.3) is 0 Å². The Bertz CT molecular complexity index is 689. The predicted molar refractivity (Wildman–Crippen MR) is 92.3 cm³/mol. The quantitative estimate of drug-likeness (QED) is 0.867. The van der Waals surface area contributed by atoms with Crippen molar-refractivity contribution in [2.75, 3.05) is 16.8 Å². The summed E-state index contributed by atoms with van der Waals surface area (Å²) in [4.78, 5) is 25.3. The van der Waals surface area contributed by atoms with Gasteiger partial charge in [0.2, 0.25) is 11.8 Å². The van der Waals surface area contributed by atoms with E-state index in [2.05, 4.69) is 21.2 Å². The number of carbonyl (C=O) groups is 2. The van der Waals surface area contributed by atoms with E-state index in [1.54, 1.807) is 36.4 Å². The normalized spacial score (nSPS) is 10.1. The third kappa shape index (κ3) is 4.58. The van der Waals surface area contributed by atoms with Gasteiger partial charge in [-0.1, -0.05) is 33.6 Å². The van der Waals surface area contributed by atoms with Gasteiger partial charge in [0.1, 0.15) is 6.54 Å². The Kier molecular flexibility index (Phi) is 5.57. The zero-order chi connectivity index (χ0) is 16.1. The molecule has 22 heavy (non-hydrogen) atoms. The molecule has 0 aliphatic heterocycles. The summed E-state index contributed by atoms with van der Waals surface area (Å²) < 4.78 is 0.867. The molecule has 2 amide bonds. The van der Waals surface area contributed by atoms with Gasteiger partial charge in [-0.2, -0.15) is 0 Å². The summed E-state index contributed by atoms with van der Waals surface area (Å²) in [6.45, 7) is 1.35. The molecule has 0 bridgehead atoms. The predicted octanol–water partition coefficient (Wildman–Crippen LogP) is 4.09. The molecule has 0 heterocycles. The van der Waals surface area contributed by atoms with Crippen molar-refractivity contribution in [1.82, 2.24) is 0 Å². The summed E-state index contributed by atoms with van der Waals surface area (Å²) in [6.07, 6.45) is 0. The van der Waals surface area contributed by atoms with Gasteiger partial charge in [-0.05, 0) is 42.5 Å². The van der Waals surface area contributed by atoms with Gasteiger partial charge in [0, 0.05) is 27.8 Å². The van der Waals surface area contributed by atoms with E-state index >= 15 is 0 Å². The van der Waals surface area contributed by atoms with Crippen molar-refractivity contribution in [2.45, 2.75) is 6.92 Å². The molecule has 0 spiro atoms. The molecular weight excluding hydrogens is 368 g/mol. The second-order valence-electron chi connectivity index (χ2n) is 4.64. The van der Waals surface area contributed by atoms with Crippen LogP contribution in [0, 0.1) is 0 Å². The summed E-state index contributed by atoms with van der Waals surface area (Å²) in [5.41, 5.74) is 1.29. The Hall–Kier alpha value is -1.85. The van der Waals surface area contributed by atoms with Crippen LogP contribution in [0.1, 0.15) is 6.92 Å². The van der Waals surface area contributed by atoms with E-state index in [-0.39, 0.29) is 18.4 Å². The van der Waals surface area contributed by atoms with Crippen LogP contribution in [0.15, 0.2) is 53.0 Å². The second kappa shape index (κ2) is 7.42. The molecule has 2 rings (SSSR count). The maximum atomic E-state index is 12.1. The average Bonchev–Trinajstić information content (AvgIpc) is 2.45. The Morgan fingerprint density at radius 2 is 1.86 bits per heavy atom. The van der Waals surface area contributed by atoms with Crippen molar-refractivity contribution >= 4 is 50.7 Å². The number of anilines is 2. The molecule has 0 saturated carbocycles. The van der Waals surface area contributed by atoms with E-state index in [1.807, 2.05) is 12.1 Å². The summed E-state index contributed by atoms with van der Waals surface area (Å²) >= 11 is 9.18. The molecule has 0 aliphatic rings. The number of benzene rings is 2. The fourth-order valence-electron chi connectivity index (χ4n) is 1.92. The second-order valence-corrected chi connectivity index (χ2v) is 5.99. The lowest BCUT2D eigenvalue weighted by Crippen LogP contribution is -2.36. The van der Waals surface area contributed by atoms with Gasteiger partial charge < -0.3 is 10.2 Å². The molecule has 0 aromatic heterocycles. The molecule has 4 nitrogen and oxygen atoms in total. The van der Waals surface area contributed by atoms with Crippen molar-refractivity contribution in [1.29, 1.82) is 0 Å². The maximum absolute atomic E-state index is 12.1. The summed E-state index contributed by atoms with van der Waals surface area (Å²) in [6, 6.07) is 14.0. The van der Waals surface area contributed by atoms with Crippen molar-refractivity contribution in [2.24, 2.45) is 0 Å². The fraction of sp³-hybridized carbons (Fsp3) is 0.125. The largest absolute Gasteiger partial charge is 0.324 e. The van der Waals surface area contributed by atoms with E-state index in [1.165, 1.54) is 11.8 Å². The molecule has 2 aromatic carbocycles. The molecule has 2 aromatic rings. The van der Waals surface area contributed by atoms with Crippen LogP contribution in [0.4, 0.5) is 11.4 Å². The maximum Gasteiger partial charge on any atom is 0.244 e. The zero-order valence-electron chi connectivity index (χ0n) is 11.8. The molecule has 0 aliphatic carbocycles. The van der Waals surface area contributed by atoms with Crippen molar-refractivity contribution in [3.63, 3.8) is 0 Å². The molecule has 6 heteroatoms. The van der Waals surface area contributed by atoms with Crippen LogP contribution in [0.5, 0.6) is 0 Å². The minimum atomic E-state index is -0.275. The smallest absolute Gasteiger partial charge is 0.244 e. The molecule has 0 saturated heterocycles. The number of carbonyl (C=O) groups excluding carboxylic acids is 2. The summed E-state index contributed by atoms with van der Waals surface area (Å²) in [7, 11) is 0. The first-order valence-corrected chi connectivity index (χ1v) is 7.72. The summed E-state index contributed by atoms with van der Waals surface area (Å²) in [5, 5.41) is 3.34.